The second kappa shape index (κ2) is 9.90. The number of aromatic nitrogens is 2. The van der Waals surface area contributed by atoms with Gasteiger partial charge >= 0.3 is 0 Å². The molecule has 0 saturated carbocycles. The van der Waals surface area contributed by atoms with Gasteiger partial charge in [-0.1, -0.05) is 47.0 Å². The van der Waals surface area contributed by atoms with E-state index in [0.29, 0.717) is 10.1 Å². The van der Waals surface area contributed by atoms with E-state index >= 15 is 0 Å². The molecule has 0 fully saturated rings. The average Bonchev–Trinajstić information content (AvgIpc) is 3.18. The minimum atomic E-state index is -0.470. The number of methoxy groups -OCH3 is 2. The molecule has 1 heterocycles. The summed E-state index contributed by atoms with van der Waals surface area (Å²) in [6.45, 7) is 0. The van der Waals surface area contributed by atoms with Gasteiger partial charge in [0, 0.05) is 5.75 Å². The zero-order valence-corrected chi connectivity index (χ0v) is 17.6. The summed E-state index contributed by atoms with van der Waals surface area (Å²) in [6, 6.07) is 11.8. The summed E-state index contributed by atoms with van der Waals surface area (Å²) in [6.07, 6.45) is 0. The van der Waals surface area contributed by atoms with Crippen LogP contribution in [0.25, 0.3) is 0 Å². The predicted octanol–water partition coefficient (Wildman–Crippen LogP) is 4.96. The monoisotopic (exact) mass is 436 g/mol. The number of carbonyl (C=O) groups excluding carboxylic acids is 1. The number of rotatable bonds is 9. The number of hydrogen-bond acceptors (Lipinski definition) is 8. The first kappa shape index (κ1) is 20.6. The first-order valence-corrected chi connectivity index (χ1v) is 11.0. The Morgan fingerprint density at radius 1 is 1.04 bits per heavy atom. The van der Waals surface area contributed by atoms with Gasteiger partial charge in [0.1, 0.15) is 17.3 Å². The fourth-order valence-electron chi connectivity index (χ4n) is 2.28. The highest BCUT2D eigenvalue weighted by Crippen LogP contribution is 2.32. The van der Waals surface area contributed by atoms with Gasteiger partial charge in [0.15, 0.2) is 14.5 Å². The molecule has 146 valence electrons. The molecule has 0 bridgehead atoms. The lowest BCUT2D eigenvalue weighted by molar-refractivity contribution is 0.101. The summed E-state index contributed by atoms with van der Waals surface area (Å²) in [5, 5.41) is 8.27. The molecule has 9 heteroatoms. The lowest BCUT2D eigenvalue weighted by Crippen LogP contribution is -2.05. The number of ketones is 1. The van der Waals surface area contributed by atoms with Crippen LogP contribution >= 0.6 is 34.9 Å². The normalized spacial score (nSPS) is 10.7. The molecule has 0 aliphatic heterocycles. The molecule has 3 aromatic rings. The van der Waals surface area contributed by atoms with E-state index in [1.807, 2.05) is 24.3 Å². The van der Waals surface area contributed by atoms with Crippen molar-refractivity contribution in [1.82, 2.24) is 10.2 Å². The van der Waals surface area contributed by atoms with E-state index in [4.69, 9.17) is 9.47 Å². The molecule has 0 unspecified atom stereocenters. The number of Topliss-reactive ketones (excluding diaryl/α,β-unsaturated/α-hetero) is 1. The SMILES string of the molecule is COc1ccc(CSc2nnc(SCC(=O)c3cc(F)ccc3OC)s2)cc1. The van der Waals surface area contributed by atoms with E-state index < -0.39 is 5.82 Å². The van der Waals surface area contributed by atoms with E-state index in [2.05, 4.69) is 10.2 Å². The molecular formula is C19H17FN2O3S3. The molecule has 0 saturated heterocycles. The van der Waals surface area contributed by atoms with Crippen molar-refractivity contribution in [3.05, 3.63) is 59.4 Å². The highest BCUT2D eigenvalue weighted by Gasteiger charge is 2.15. The third kappa shape index (κ3) is 5.46. The first-order chi connectivity index (χ1) is 13.6. The largest absolute Gasteiger partial charge is 0.497 e. The Balaban J connectivity index is 1.54. The Morgan fingerprint density at radius 2 is 1.75 bits per heavy atom. The van der Waals surface area contributed by atoms with Crippen LogP contribution < -0.4 is 9.47 Å². The second-order valence-corrected chi connectivity index (χ2v) is 8.95. The maximum absolute atomic E-state index is 13.4. The van der Waals surface area contributed by atoms with Crippen molar-refractivity contribution in [3.63, 3.8) is 0 Å². The second-order valence-electron chi connectivity index (χ2n) is 5.53. The molecule has 0 aliphatic carbocycles. The fraction of sp³-hybridized carbons (Fsp3) is 0.211. The summed E-state index contributed by atoms with van der Waals surface area (Å²) in [4.78, 5) is 12.4. The van der Waals surface area contributed by atoms with Crippen molar-refractivity contribution < 1.29 is 18.7 Å². The van der Waals surface area contributed by atoms with Crippen LogP contribution in [0.15, 0.2) is 51.1 Å². The van der Waals surface area contributed by atoms with Gasteiger partial charge in [-0.15, -0.1) is 10.2 Å². The van der Waals surface area contributed by atoms with Gasteiger partial charge in [0.25, 0.3) is 0 Å². The molecule has 0 aliphatic rings. The number of halogens is 1. The maximum atomic E-state index is 13.4. The molecular weight excluding hydrogens is 419 g/mol. The van der Waals surface area contributed by atoms with Gasteiger partial charge in [0.2, 0.25) is 0 Å². The standard InChI is InChI=1S/C19H17FN2O3S3/c1-24-14-6-3-12(4-7-14)10-26-18-21-22-19(28-18)27-11-16(23)15-9-13(20)5-8-17(15)25-2/h3-9H,10-11H2,1-2H3. The van der Waals surface area contributed by atoms with Gasteiger partial charge < -0.3 is 9.47 Å². The molecule has 3 rings (SSSR count). The topological polar surface area (TPSA) is 61.3 Å². The van der Waals surface area contributed by atoms with E-state index in [9.17, 15) is 9.18 Å². The van der Waals surface area contributed by atoms with Crippen LogP contribution in [-0.4, -0.2) is 36.0 Å². The average molecular weight is 437 g/mol. The van der Waals surface area contributed by atoms with Gasteiger partial charge in [-0.2, -0.15) is 0 Å². The highest BCUT2D eigenvalue weighted by molar-refractivity contribution is 8.03. The summed E-state index contributed by atoms with van der Waals surface area (Å²) < 4.78 is 25.2. The first-order valence-electron chi connectivity index (χ1n) is 8.18. The molecule has 0 atom stereocenters. The Labute approximate surface area is 174 Å². The predicted molar refractivity (Wildman–Crippen MR) is 110 cm³/mol. The zero-order chi connectivity index (χ0) is 19.9. The van der Waals surface area contributed by atoms with Crippen molar-refractivity contribution in [2.75, 3.05) is 20.0 Å². The smallest absolute Gasteiger partial charge is 0.176 e. The molecule has 0 spiro atoms. The van der Waals surface area contributed by atoms with E-state index in [-0.39, 0.29) is 17.1 Å². The molecule has 0 amide bonds. The number of hydrogen-bond donors (Lipinski definition) is 0. The number of ether oxygens (including phenoxy) is 2. The van der Waals surface area contributed by atoms with Crippen LogP contribution in [0.4, 0.5) is 4.39 Å². The molecule has 28 heavy (non-hydrogen) atoms. The molecule has 2 aromatic carbocycles. The minimum absolute atomic E-state index is 0.137. The minimum Gasteiger partial charge on any atom is -0.497 e. The van der Waals surface area contributed by atoms with Crippen molar-refractivity contribution in [1.29, 1.82) is 0 Å². The van der Waals surface area contributed by atoms with Gasteiger partial charge in [0.05, 0.1) is 25.5 Å². The summed E-state index contributed by atoms with van der Waals surface area (Å²) >= 11 is 4.30. The van der Waals surface area contributed by atoms with Crippen LogP contribution in [0, 0.1) is 5.82 Å². The van der Waals surface area contributed by atoms with Crippen LogP contribution in [-0.2, 0) is 5.75 Å². The number of thioether (sulfide) groups is 2. The summed E-state index contributed by atoms with van der Waals surface area (Å²) in [7, 11) is 3.09. The van der Waals surface area contributed by atoms with Crippen LogP contribution in [0.2, 0.25) is 0 Å². The fourth-order valence-corrected chi connectivity index (χ4v) is 5.14. The third-order valence-corrected chi connectivity index (χ3v) is 6.96. The van der Waals surface area contributed by atoms with Crippen molar-refractivity contribution in [2.45, 2.75) is 14.4 Å². The van der Waals surface area contributed by atoms with Gasteiger partial charge in [-0.05, 0) is 35.9 Å². The maximum Gasteiger partial charge on any atom is 0.176 e. The highest BCUT2D eigenvalue weighted by atomic mass is 32.2. The number of carbonyl (C=O) groups is 1. The van der Waals surface area contributed by atoms with E-state index in [1.165, 1.54) is 48.4 Å². The quantitative estimate of drug-likeness (QED) is 0.347. The lowest BCUT2D eigenvalue weighted by atomic mass is 10.1. The van der Waals surface area contributed by atoms with Crippen molar-refractivity contribution in [2.24, 2.45) is 0 Å². The number of nitrogens with zero attached hydrogens (tertiary/aromatic N) is 2. The van der Waals surface area contributed by atoms with Gasteiger partial charge in [-0.3, -0.25) is 4.79 Å². The number of benzene rings is 2. The zero-order valence-electron chi connectivity index (χ0n) is 15.2. The summed E-state index contributed by atoms with van der Waals surface area (Å²) in [5.74, 6) is 1.40. The van der Waals surface area contributed by atoms with Crippen LogP contribution in [0.1, 0.15) is 15.9 Å². The van der Waals surface area contributed by atoms with Gasteiger partial charge in [-0.25, -0.2) is 4.39 Å². The Kier molecular flexibility index (Phi) is 7.30. The summed E-state index contributed by atoms with van der Waals surface area (Å²) in [5.41, 5.74) is 1.39. The molecule has 5 nitrogen and oxygen atoms in total. The van der Waals surface area contributed by atoms with E-state index in [0.717, 1.165) is 21.4 Å². The third-order valence-electron chi connectivity index (χ3n) is 3.70. The van der Waals surface area contributed by atoms with E-state index in [1.54, 1.807) is 18.9 Å². The van der Waals surface area contributed by atoms with Crippen molar-refractivity contribution >= 4 is 40.6 Å². The van der Waals surface area contributed by atoms with Crippen LogP contribution in [0.3, 0.4) is 0 Å². The molecule has 0 radical (unpaired) electrons. The van der Waals surface area contributed by atoms with Crippen LogP contribution in [0.5, 0.6) is 11.5 Å². The molecule has 1 aromatic heterocycles. The Bertz CT molecular complexity index is 948. The Morgan fingerprint density at radius 3 is 2.43 bits per heavy atom. The lowest BCUT2D eigenvalue weighted by Gasteiger charge is -2.06. The Hall–Kier alpha value is -2.10. The van der Waals surface area contributed by atoms with Crippen molar-refractivity contribution in [3.8, 4) is 11.5 Å². The molecule has 0 N–H and O–H groups in total.